The van der Waals surface area contributed by atoms with Crippen LogP contribution in [0.25, 0.3) is 0 Å². The van der Waals surface area contributed by atoms with E-state index in [4.69, 9.17) is 5.73 Å². The lowest BCUT2D eigenvalue weighted by Crippen LogP contribution is -2.24. The van der Waals surface area contributed by atoms with Crippen molar-refractivity contribution in [3.63, 3.8) is 0 Å². The molecular formula is C14H18BrN3O2. The van der Waals surface area contributed by atoms with Crippen molar-refractivity contribution in [2.45, 2.75) is 25.5 Å². The van der Waals surface area contributed by atoms with Gasteiger partial charge in [-0.2, -0.15) is 0 Å². The summed E-state index contributed by atoms with van der Waals surface area (Å²) in [5.74, 6) is 0.138. The van der Waals surface area contributed by atoms with Gasteiger partial charge >= 0.3 is 0 Å². The highest BCUT2D eigenvalue weighted by atomic mass is 79.9. The number of carbonyl (C=O) groups is 1. The van der Waals surface area contributed by atoms with Crippen LogP contribution in [0.2, 0.25) is 0 Å². The quantitative estimate of drug-likeness (QED) is 0.764. The van der Waals surface area contributed by atoms with Gasteiger partial charge < -0.3 is 21.1 Å². The van der Waals surface area contributed by atoms with Crippen LogP contribution in [0.5, 0.6) is 0 Å². The number of anilines is 2. The molecule has 6 heteroatoms. The summed E-state index contributed by atoms with van der Waals surface area (Å²) in [6.45, 7) is 3.58. The monoisotopic (exact) mass is 339 g/mol. The lowest BCUT2D eigenvalue weighted by Gasteiger charge is -2.22. The Balaban J connectivity index is 1.89. The van der Waals surface area contributed by atoms with Crippen LogP contribution in [-0.2, 0) is 4.79 Å². The second-order valence-corrected chi connectivity index (χ2v) is 6.45. The number of fused-ring (bicyclic) bond motifs is 1. The number of nitrogens with zero attached hydrogens (tertiary/aromatic N) is 1. The number of aliphatic hydroxyl groups is 1. The first kappa shape index (κ1) is 13.9. The normalized spacial score (nSPS) is 26.6. The first-order chi connectivity index (χ1) is 9.47. The van der Waals surface area contributed by atoms with Gasteiger partial charge in [0.05, 0.1) is 11.8 Å². The maximum Gasteiger partial charge on any atom is 0.245 e. The molecule has 2 aliphatic heterocycles. The maximum absolute atomic E-state index is 11.6. The summed E-state index contributed by atoms with van der Waals surface area (Å²) in [7, 11) is 0. The molecule has 3 rings (SSSR count). The van der Waals surface area contributed by atoms with Gasteiger partial charge in [-0.3, -0.25) is 4.79 Å². The molecule has 3 unspecified atom stereocenters. The molecule has 3 atom stereocenters. The van der Waals surface area contributed by atoms with Crippen molar-refractivity contribution in [3.05, 3.63) is 22.2 Å². The number of nitrogens with one attached hydrogen (secondary N) is 1. The van der Waals surface area contributed by atoms with Crippen molar-refractivity contribution in [2.24, 2.45) is 11.7 Å². The van der Waals surface area contributed by atoms with E-state index < -0.39 is 6.04 Å². The number of benzene rings is 1. The van der Waals surface area contributed by atoms with Gasteiger partial charge in [-0.15, -0.1) is 0 Å². The van der Waals surface area contributed by atoms with E-state index in [-0.39, 0.29) is 12.0 Å². The smallest absolute Gasteiger partial charge is 0.245 e. The second kappa shape index (κ2) is 5.02. The number of aliphatic hydroxyl groups excluding tert-OH is 1. The average Bonchev–Trinajstić information content (AvgIpc) is 2.97. The van der Waals surface area contributed by atoms with Crippen molar-refractivity contribution < 1.29 is 9.90 Å². The zero-order chi connectivity index (χ0) is 14.4. The van der Waals surface area contributed by atoms with Crippen LogP contribution in [0.4, 0.5) is 11.4 Å². The van der Waals surface area contributed by atoms with E-state index in [0.29, 0.717) is 5.92 Å². The summed E-state index contributed by atoms with van der Waals surface area (Å²) < 4.78 is 0.939. The fourth-order valence-electron chi connectivity index (χ4n) is 2.94. The van der Waals surface area contributed by atoms with Crippen molar-refractivity contribution in [1.29, 1.82) is 0 Å². The van der Waals surface area contributed by atoms with E-state index >= 15 is 0 Å². The molecule has 5 nitrogen and oxygen atoms in total. The van der Waals surface area contributed by atoms with Crippen LogP contribution in [0.15, 0.2) is 16.6 Å². The zero-order valence-electron chi connectivity index (χ0n) is 11.3. The number of hydrogen-bond donors (Lipinski definition) is 3. The summed E-state index contributed by atoms with van der Waals surface area (Å²) in [5.41, 5.74) is 8.51. The van der Waals surface area contributed by atoms with E-state index in [0.717, 1.165) is 40.9 Å². The molecule has 108 valence electrons. The molecule has 0 spiro atoms. The van der Waals surface area contributed by atoms with E-state index in [9.17, 15) is 9.90 Å². The van der Waals surface area contributed by atoms with Crippen LogP contribution in [0.3, 0.4) is 0 Å². The Morgan fingerprint density at radius 3 is 2.95 bits per heavy atom. The Kier molecular flexibility index (Phi) is 3.48. The molecule has 2 aliphatic rings. The highest BCUT2D eigenvalue weighted by Gasteiger charge is 2.31. The Hall–Kier alpha value is -1.11. The first-order valence-corrected chi connectivity index (χ1v) is 7.59. The van der Waals surface area contributed by atoms with Gasteiger partial charge in [-0.05, 0) is 41.4 Å². The average molecular weight is 340 g/mol. The molecule has 1 amide bonds. The Morgan fingerprint density at radius 1 is 1.55 bits per heavy atom. The van der Waals surface area contributed by atoms with Gasteiger partial charge in [0.15, 0.2) is 0 Å². The number of hydrogen-bond acceptors (Lipinski definition) is 4. The molecule has 1 saturated heterocycles. The molecular weight excluding hydrogens is 322 g/mol. The predicted octanol–water partition coefficient (Wildman–Crippen LogP) is 1.61. The SMILES string of the molecule is CC(O)C1CCN(c2cc3c(cc2Br)C(N)C(=O)N3)C1. The summed E-state index contributed by atoms with van der Waals surface area (Å²) in [5, 5.41) is 12.5. The summed E-state index contributed by atoms with van der Waals surface area (Å²) >= 11 is 3.57. The van der Waals surface area contributed by atoms with E-state index in [1.54, 1.807) is 0 Å². The molecule has 2 heterocycles. The largest absolute Gasteiger partial charge is 0.393 e. The number of carbonyl (C=O) groups excluding carboxylic acids is 1. The van der Waals surface area contributed by atoms with Gasteiger partial charge in [-0.25, -0.2) is 0 Å². The predicted molar refractivity (Wildman–Crippen MR) is 81.7 cm³/mol. The molecule has 0 bridgehead atoms. The highest BCUT2D eigenvalue weighted by molar-refractivity contribution is 9.10. The molecule has 1 fully saturated rings. The van der Waals surface area contributed by atoms with Gasteiger partial charge in [0.25, 0.3) is 0 Å². The third-order valence-electron chi connectivity index (χ3n) is 4.24. The number of amides is 1. The van der Waals surface area contributed by atoms with E-state index in [1.165, 1.54) is 0 Å². The fourth-order valence-corrected chi connectivity index (χ4v) is 3.55. The molecule has 20 heavy (non-hydrogen) atoms. The standard InChI is InChI=1S/C14H18BrN3O2/c1-7(19)8-2-3-18(6-8)12-5-11-9(4-10(12)15)13(16)14(20)17-11/h4-5,7-8,13,19H,2-3,6,16H2,1H3,(H,17,20). The molecule has 0 aliphatic carbocycles. The van der Waals surface area contributed by atoms with Crippen LogP contribution in [0, 0.1) is 5.92 Å². The van der Waals surface area contributed by atoms with Crippen molar-refractivity contribution >= 4 is 33.2 Å². The Morgan fingerprint density at radius 2 is 2.30 bits per heavy atom. The van der Waals surface area contributed by atoms with Crippen LogP contribution < -0.4 is 16.0 Å². The molecule has 1 aromatic rings. The molecule has 0 saturated carbocycles. The molecule has 0 radical (unpaired) electrons. The van der Waals surface area contributed by atoms with Crippen molar-refractivity contribution in [3.8, 4) is 0 Å². The summed E-state index contributed by atoms with van der Waals surface area (Å²) in [4.78, 5) is 13.9. The summed E-state index contributed by atoms with van der Waals surface area (Å²) in [6.07, 6.45) is 0.689. The minimum absolute atomic E-state index is 0.160. The number of rotatable bonds is 2. The third-order valence-corrected chi connectivity index (χ3v) is 4.88. The zero-order valence-corrected chi connectivity index (χ0v) is 12.9. The van der Waals surface area contributed by atoms with E-state index in [2.05, 4.69) is 26.1 Å². The Bertz CT molecular complexity index is 562. The lowest BCUT2D eigenvalue weighted by atomic mass is 10.0. The molecule has 0 aromatic heterocycles. The van der Waals surface area contributed by atoms with Gasteiger partial charge in [0.1, 0.15) is 6.04 Å². The van der Waals surface area contributed by atoms with Crippen LogP contribution >= 0.6 is 15.9 Å². The van der Waals surface area contributed by atoms with Crippen molar-refractivity contribution in [1.82, 2.24) is 0 Å². The molecule has 1 aromatic carbocycles. The van der Waals surface area contributed by atoms with Crippen LogP contribution in [0.1, 0.15) is 24.9 Å². The minimum atomic E-state index is -0.584. The van der Waals surface area contributed by atoms with Gasteiger partial charge in [0, 0.05) is 34.7 Å². The van der Waals surface area contributed by atoms with Gasteiger partial charge in [-0.1, -0.05) is 0 Å². The fraction of sp³-hybridized carbons (Fsp3) is 0.500. The van der Waals surface area contributed by atoms with E-state index in [1.807, 2.05) is 19.1 Å². The number of halogens is 1. The third kappa shape index (κ3) is 2.21. The van der Waals surface area contributed by atoms with Gasteiger partial charge in [0.2, 0.25) is 5.91 Å². The van der Waals surface area contributed by atoms with Crippen molar-refractivity contribution in [2.75, 3.05) is 23.3 Å². The topological polar surface area (TPSA) is 78.6 Å². The highest BCUT2D eigenvalue weighted by Crippen LogP contribution is 2.39. The summed E-state index contributed by atoms with van der Waals surface area (Å²) in [6, 6.07) is 3.30. The maximum atomic E-state index is 11.6. The Labute approximate surface area is 126 Å². The number of nitrogens with two attached hydrogens (primary N) is 1. The van der Waals surface area contributed by atoms with Crippen LogP contribution in [-0.4, -0.2) is 30.2 Å². The minimum Gasteiger partial charge on any atom is -0.393 e. The lowest BCUT2D eigenvalue weighted by molar-refractivity contribution is -0.116. The molecule has 4 N–H and O–H groups in total. The first-order valence-electron chi connectivity index (χ1n) is 6.80. The second-order valence-electron chi connectivity index (χ2n) is 5.59.